The number of aryl methyl sites for hydroxylation is 1. The van der Waals surface area contributed by atoms with E-state index in [1.807, 2.05) is 65.4 Å². The summed E-state index contributed by atoms with van der Waals surface area (Å²) < 4.78 is 2.01. The maximum Gasteiger partial charge on any atom is 0.327 e. The zero-order valence-corrected chi connectivity index (χ0v) is 16.4. The Morgan fingerprint density at radius 3 is 2.63 bits per heavy atom. The molecule has 6 heteroatoms. The number of amides is 2. The quantitative estimate of drug-likeness (QED) is 0.514. The molecule has 0 radical (unpaired) electrons. The summed E-state index contributed by atoms with van der Waals surface area (Å²) in [6, 6.07) is 21.5. The van der Waals surface area contributed by atoms with E-state index in [0.29, 0.717) is 12.4 Å². The Morgan fingerprint density at radius 1 is 1.00 bits per heavy atom. The van der Waals surface area contributed by atoms with Gasteiger partial charge in [-0.15, -0.1) is 0 Å². The van der Waals surface area contributed by atoms with Gasteiger partial charge in [-0.2, -0.15) is 0 Å². The van der Waals surface area contributed by atoms with E-state index in [9.17, 15) is 4.79 Å². The van der Waals surface area contributed by atoms with Gasteiger partial charge in [0.15, 0.2) is 0 Å². The van der Waals surface area contributed by atoms with Crippen LogP contribution >= 0.6 is 0 Å². The highest BCUT2D eigenvalue weighted by molar-refractivity contribution is 6.22. The van der Waals surface area contributed by atoms with Gasteiger partial charge in [-0.1, -0.05) is 48.5 Å². The number of hydrogen-bond acceptors (Lipinski definition) is 3. The first-order valence-corrected chi connectivity index (χ1v) is 10.00. The molecule has 2 amide bonds. The Morgan fingerprint density at radius 2 is 1.83 bits per heavy atom. The molecule has 0 aliphatic carbocycles. The van der Waals surface area contributed by atoms with Gasteiger partial charge in [0.2, 0.25) is 0 Å². The molecule has 0 saturated carbocycles. The van der Waals surface area contributed by atoms with Crippen LogP contribution in [0.1, 0.15) is 12.0 Å². The molecule has 0 spiro atoms. The number of carbonyl (C=O) groups excluding carboxylic acids is 1. The predicted molar refractivity (Wildman–Crippen MR) is 119 cm³/mol. The summed E-state index contributed by atoms with van der Waals surface area (Å²) in [5.41, 5.74) is 2.66. The second-order valence-electron chi connectivity index (χ2n) is 7.22. The van der Waals surface area contributed by atoms with Crippen LogP contribution in [0.15, 0.2) is 90.4 Å². The SMILES string of the molecule is O=C(Nc1ccccc1)N(CCCn1ccnc1)C1=Nc2cccc3cccc1c23. The van der Waals surface area contributed by atoms with E-state index < -0.39 is 0 Å². The molecular weight excluding hydrogens is 374 g/mol. The van der Waals surface area contributed by atoms with Gasteiger partial charge in [-0.3, -0.25) is 4.90 Å². The minimum absolute atomic E-state index is 0.185. The van der Waals surface area contributed by atoms with Gasteiger partial charge in [0.1, 0.15) is 5.84 Å². The molecular formula is C24H21N5O. The number of benzene rings is 3. The van der Waals surface area contributed by atoms with Gasteiger partial charge in [0, 0.05) is 42.1 Å². The summed E-state index contributed by atoms with van der Waals surface area (Å²) in [5.74, 6) is 0.695. The number of imidazole rings is 1. The number of aliphatic imine (C=N–C) groups is 1. The van der Waals surface area contributed by atoms with Gasteiger partial charge < -0.3 is 9.88 Å². The van der Waals surface area contributed by atoms with Crippen LogP contribution in [-0.2, 0) is 6.54 Å². The average molecular weight is 395 g/mol. The zero-order valence-electron chi connectivity index (χ0n) is 16.4. The average Bonchev–Trinajstić information content (AvgIpc) is 3.42. The van der Waals surface area contributed by atoms with Crippen molar-refractivity contribution >= 4 is 34.0 Å². The summed E-state index contributed by atoms with van der Waals surface area (Å²) in [4.78, 5) is 24.0. The summed E-state index contributed by atoms with van der Waals surface area (Å²) in [6.07, 6.45) is 6.26. The van der Waals surface area contributed by atoms with E-state index >= 15 is 0 Å². The largest absolute Gasteiger partial charge is 0.337 e. The number of amidine groups is 1. The lowest BCUT2D eigenvalue weighted by Gasteiger charge is -2.24. The minimum Gasteiger partial charge on any atom is -0.337 e. The van der Waals surface area contributed by atoms with Crippen LogP contribution in [0.2, 0.25) is 0 Å². The Labute approximate surface area is 174 Å². The summed E-state index contributed by atoms with van der Waals surface area (Å²) in [6.45, 7) is 1.32. The molecule has 1 aromatic heterocycles. The third-order valence-electron chi connectivity index (χ3n) is 5.23. The highest BCUT2D eigenvalue weighted by Crippen LogP contribution is 2.36. The van der Waals surface area contributed by atoms with Crippen molar-refractivity contribution in [2.24, 2.45) is 4.99 Å². The smallest absolute Gasteiger partial charge is 0.327 e. The number of para-hydroxylation sites is 1. The number of nitrogens with one attached hydrogen (secondary N) is 1. The third kappa shape index (κ3) is 3.43. The number of carbonyl (C=O) groups is 1. The first-order chi connectivity index (χ1) is 14.8. The standard InChI is InChI=1S/C24H21N5O/c30-24(26-19-9-2-1-3-10-19)29(15-6-14-28-16-13-25-17-28)23-20-11-4-7-18-8-5-12-21(27-23)22(18)20/h1-5,7-13,16-17H,6,14-15H2,(H,26,30). The maximum atomic E-state index is 13.3. The molecule has 3 aromatic carbocycles. The molecule has 0 atom stereocenters. The van der Waals surface area contributed by atoms with Crippen molar-refractivity contribution < 1.29 is 4.79 Å². The first kappa shape index (κ1) is 18.1. The first-order valence-electron chi connectivity index (χ1n) is 10.00. The summed E-state index contributed by atoms with van der Waals surface area (Å²) >= 11 is 0. The number of rotatable bonds is 5. The van der Waals surface area contributed by atoms with Crippen molar-refractivity contribution in [3.05, 3.63) is 91.0 Å². The van der Waals surface area contributed by atoms with Crippen molar-refractivity contribution in [2.75, 3.05) is 11.9 Å². The molecule has 0 bridgehead atoms. The van der Waals surface area contributed by atoms with E-state index in [1.165, 1.54) is 0 Å². The molecule has 1 aliphatic rings. The fourth-order valence-electron chi connectivity index (χ4n) is 3.83. The second kappa shape index (κ2) is 7.83. The molecule has 2 heterocycles. The van der Waals surface area contributed by atoms with Gasteiger partial charge in [-0.25, -0.2) is 14.8 Å². The summed E-state index contributed by atoms with van der Waals surface area (Å²) in [5, 5.41) is 5.24. The molecule has 6 nitrogen and oxygen atoms in total. The number of hydrogen-bond donors (Lipinski definition) is 1. The fourth-order valence-corrected chi connectivity index (χ4v) is 3.83. The van der Waals surface area contributed by atoms with Gasteiger partial charge in [0.05, 0.1) is 12.0 Å². The van der Waals surface area contributed by atoms with E-state index in [1.54, 1.807) is 17.4 Å². The second-order valence-corrected chi connectivity index (χ2v) is 7.22. The molecule has 5 rings (SSSR count). The molecule has 4 aromatic rings. The highest BCUT2D eigenvalue weighted by atomic mass is 16.2. The van der Waals surface area contributed by atoms with Crippen molar-refractivity contribution in [2.45, 2.75) is 13.0 Å². The van der Waals surface area contributed by atoms with Crippen LogP contribution in [0.5, 0.6) is 0 Å². The van der Waals surface area contributed by atoms with E-state index in [-0.39, 0.29) is 6.03 Å². The molecule has 1 N–H and O–H groups in total. The van der Waals surface area contributed by atoms with Crippen molar-refractivity contribution in [3.63, 3.8) is 0 Å². The van der Waals surface area contributed by atoms with Crippen LogP contribution in [-0.4, -0.2) is 32.9 Å². The number of anilines is 1. The van der Waals surface area contributed by atoms with Crippen LogP contribution < -0.4 is 5.32 Å². The lowest BCUT2D eigenvalue weighted by atomic mass is 10.0. The Bertz CT molecular complexity index is 1210. The molecule has 30 heavy (non-hydrogen) atoms. The predicted octanol–water partition coefficient (Wildman–Crippen LogP) is 5.05. The fraction of sp³-hybridized carbons (Fsp3) is 0.125. The van der Waals surface area contributed by atoms with Gasteiger partial charge >= 0.3 is 6.03 Å². The molecule has 148 valence electrons. The Balaban J connectivity index is 1.45. The van der Waals surface area contributed by atoms with Crippen LogP contribution in [0.3, 0.4) is 0 Å². The van der Waals surface area contributed by atoms with Gasteiger partial charge in [0.25, 0.3) is 0 Å². The monoisotopic (exact) mass is 395 g/mol. The van der Waals surface area contributed by atoms with Crippen LogP contribution in [0.25, 0.3) is 10.8 Å². The highest BCUT2D eigenvalue weighted by Gasteiger charge is 2.27. The molecule has 0 saturated heterocycles. The van der Waals surface area contributed by atoms with Gasteiger partial charge in [-0.05, 0) is 30.0 Å². The number of urea groups is 1. The van der Waals surface area contributed by atoms with Crippen LogP contribution in [0.4, 0.5) is 16.2 Å². The number of nitrogens with zero attached hydrogens (tertiary/aromatic N) is 4. The van der Waals surface area contributed by atoms with E-state index in [2.05, 4.69) is 22.4 Å². The lowest BCUT2D eigenvalue weighted by Crippen LogP contribution is -2.41. The maximum absolute atomic E-state index is 13.3. The van der Waals surface area contributed by atoms with Crippen molar-refractivity contribution in [1.29, 1.82) is 0 Å². The van der Waals surface area contributed by atoms with Crippen molar-refractivity contribution in [3.8, 4) is 0 Å². The van der Waals surface area contributed by atoms with E-state index in [4.69, 9.17) is 4.99 Å². The van der Waals surface area contributed by atoms with Crippen molar-refractivity contribution in [1.82, 2.24) is 14.5 Å². The minimum atomic E-state index is -0.185. The Kier molecular flexibility index (Phi) is 4.73. The summed E-state index contributed by atoms with van der Waals surface area (Å²) in [7, 11) is 0. The molecule has 1 aliphatic heterocycles. The molecule has 0 fully saturated rings. The normalized spacial score (nSPS) is 12.1. The van der Waals surface area contributed by atoms with Crippen LogP contribution in [0, 0.1) is 0 Å². The Hall–Kier alpha value is -3.93. The number of aromatic nitrogens is 2. The molecule has 0 unspecified atom stereocenters. The van der Waals surface area contributed by atoms with E-state index in [0.717, 1.165) is 40.7 Å². The third-order valence-corrected chi connectivity index (χ3v) is 5.23. The topological polar surface area (TPSA) is 62.5 Å². The zero-order chi connectivity index (χ0) is 20.3. The lowest BCUT2D eigenvalue weighted by molar-refractivity contribution is 0.233.